The maximum absolute atomic E-state index is 4.30. The second-order valence-electron chi connectivity index (χ2n) is 3.78. The fourth-order valence-electron chi connectivity index (χ4n) is 1.75. The first-order valence-electron chi connectivity index (χ1n) is 5.79. The van der Waals surface area contributed by atoms with Crippen molar-refractivity contribution in [2.75, 3.05) is 6.54 Å². The van der Waals surface area contributed by atoms with Crippen molar-refractivity contribution in [1.29, 1.82) is 0 Å². The first kappa shape index (κ1) is 11.7. The van der Waals surface area contributed by atoms with Crippen molar-refractivity contribution in [2.45, 2.75) is 19.4 Å². The van der Waals surface area contributed by atoms with E-state index in [-0.39, 0.29) is 6.04 Å². The van der Waals surface area contributed by atoms with Crippen LogP contribution in [0.2, 0.25) is 0 Å². The topological polar surface area (TPSA) is 50.7 Å². The molecular weight excluding hydrogens is 212 g/mol. The lowest BCUT2D eigenvalue weighted by Crippen LogP contribution is -2.24. The third kappa shape index (κ3) is 3.32. The maximum atomic E-state index is 4.30. The Balaban J connectivity index is 2.13. The van der Waals surface area contributed by atoms with Crippen LogP contribution in [0.15, 0.2) is 43.0 Å². The van der Waals surface area contributed by atoms with Crippen LogP contribution >= 0.6 is 0 Å². The third-order valence-corrected chi connectivity index (χ3v) is 2.54. The van der Waals surface area contributed by atoms with Crippen molar-refractivity contribution < 1.29 is 0 Å². The summed E-state index contributed by atoms with van der Waals surface area (Å²) in [5, 5.41) is 3.40. The number of nitrogens with zero attached hydrogens (tertiary/aromatic N) is 3. The number of hydrogen-bond acceptors (Lipinski definition) is 4. The van der Waals surface area contributed by atoms with Crippen LogP contribution in [0.25, 0.3) is 0 Å². The Morgan fingerprint density at radius 3 is 2.47 bits per heavy atom. The molecule has 0 bridgehead atoms. The summed E-state index contributed by atoms with van der Waals surface area (Å²) in [4.78, 5) is 12.6. The van der Waals surface area contributed by atoms with E-state index in [0.29, 0.717) is 0 Å². The molecule has 0 spiro atoms. The van der Waals surface area contributed by atoms with Crippen molar-refractivity contribution in [3.05, 3.63) is 54.4 Å². The van der Waals surface area contributed by atoms with Crippen molar-refractivity contribution in [3.8, 4) is 0 Å². The Labute approximate surface area is 101 Å². The molecule has 4 heteroatoms. The normalized spacial score (nSPS) is 12.3. The molecule has 2 heterocycles. The van der Waals surface area contributed by atoms with E-state index in [1.54, 1.807) is 12.4 Å². The van der Waals surface area contributed by atoms with Gasteiger partial charge in [0.05, 0.1) is 6.04 Å². The highest BCUT2D eigenvalue weighted by molar-refractivity contribution is 5.13. The quantitative estimate of drug-likeness (QED) is 0.847. The van der Waals surface area contributed by atoms with Gasteiger partial charge in [-0.25, -0.2) is 9.97 Å². The van der Waals surface area contributed by atoms with Crippen LogP contribution in [0.5, 0.6) is 0 Å². The molecule has 1 N–H and O–H groups in total. The number of hydrogen-bond donors (Lipinski definition) is 1. The molecule has 0 amide bonds. The fraction of sp³-hybridized carbons (Fsp3) is 0.308. The molecule has 0 radical (unpaired) electrons. The van der Waals surface area contributed by atoms with Gasteiger partial charge < -0.3 is 5.32 Å². The van der Waals surface area contributed by atoms with Crippen LogP contribution in [0.3, 0.4) is 0 Å². The number of nitrogens with one attached hydrogen (secondary N) is 1. The van der Waals surface area contributed by atoms with E-state index in [1.165, 1.54) is 5.56 Å². The number of pyridine rings is 1. The van der Waals surface area contributed by atoms with Crippen LogP contribution in [0.4, 0.5) is 0 Å². The van der Waals surface area contributed by atoms with Crippen LogP contribution in [-0.4, -0.2) is 21.5 Å². The molecule has 1 unspecified atom stereocenters. The molecular formula is C13H16N4. The van der Waals surface area contributed by atoms with Gasteiger partial charge in [0.15, 0.2) is 0 Å². The SMILES string of the molecule is CCNC(Cc1ccncc1)c1ncccn1. The molecule has 2 rings (SSSR count). The van der Waals surface area contributed by atoms with Gasteiger partial charge in [0.25, 0.3) is 0 Å². The predicted molar refractivity (Wildman–Crippen MR) is 66.4 cm³/mol. The summed E-state index contributed by atoms with van der Waals surface area (Å²) >= 11 is 0. The van der Waals surface area contributed by atoms with Crippen molar-refractivity contribution in [1.82, 2.24) is 20.3 Å². The molecule has 2 aromatic heterocycles. The largest absolute Gasteiger partial charge is 0.307 e. The Hall–Kier alpha value is -1.81. The minimum atomic E-state index is 0.156. The summed E-state index contributed by atoms with van der Waals surface area (Å²) in [6, 6.07) is 6.03. The van der Waals surface area contributed by atoms with Gasteiger partial charge in [-0.3, -0.25) is 4.98 Å². The Kier molecular flexibility index (Phi) is 4.16. The van der Waals surface area contributed by atoms with Gasteiger partial charge in [-0.2, -0.15) is 0 Å². The van der Waals surface area contributed by atoms with E-state index in [2.05, 4.69) is 27.2 Å². The summed E-state index contributed by atoms with van der Waals surface area (Å²) in [5.74, 6) is 0.839. The zero-order valence-corrected chi connectivity index (χ0v) is 9.87. The summed E-state index contributed by atoms with van der Waals surface area (Å²) in [5.41, 5.74) is 1.23. The van der Waals surface area contributed by atoms with Crippen LogP contribution in [0, 0.1) is 0 Å². The summed E-state index contributed by atoms with van der Waals surface area (Å²) in [7, 11) is 0. The molecule has 0 fully saturated rings. The molecule has 4 nitrogen and oxygen atoms in total. The average Bonchev–Trinajstić information content (AvgIpc) is 2.40. The van der Waals surface area contributed by atoms with Crippen LogP contribution < -0.4 is 5.32 Å². The van der Waals surface area contributed by atoms with E-state index in [9.17, 15) is 0 Å². The standard InChI is InChI=1S/C13H16N4/c1-2-15-12(13-16-6-3-7-17-13)10-11-4-8-14-9-5-11/h3-9,12,15H,2,10H2,1H3. The van der Waals surface area contributed by atoms with E-state index < -0.39 is 0 Å². The molecule has 0 aromatic carbocycles. The molecule has 0 saturated carbocycles. The first-order chi connectivity index (χ1) is 8.40. The molecule has 1 atom stereocenters. The monoisotopic (exact) mass is 228 g/mol. The van der Waals surface area contributed by atoms with Crippen LogP contribution in [-0.2, 0) is 6.42 Å². The van der Waals surface area contributed by atoms with E-state index >= 15 is 0 Å². The third-order valence-electron chi connectivity index (χ3n) is 2.54. The number of likely N-dealkylation sites (N-methyl/N-ethyl adjacent to an activating group) is 1. The van der Waals surface area contributed by atoms with Gasteiger partial charge in [0.1, 0.15) is 5.82 Å². The zero-order chi connectivity index (χ0) is 11.9. The molecule has 0 aliphatic heterocycles. The molecule has 0 saturated heterocycles. The van der Waals surface area contributed by atoms with Crippen LogP contribution in [0.1, 0.15) is 24.4 Å². The highest BCUT2D eigenvalue weighted by Gasteiger charge is 2.13. The molecule has 17 heavy (non-hydrogen) atoms. The highest BCUT2D eigenvalue weighted by Crippen LogP contribution is 2.13. The van der Waals surface area contributed by atoms with Crippen molar-refractivity contribution >= 4 is 0 Å². The molecule has 2 aromatic rings. The average molecular weight is 228 g/mol. The Bertz CT molecular complexity index is 430. The van der Waals surface area contributed by atoms with E-state index in [0.717, 1.165) is 18.8 Å². The lowest BCUT2D eigenvalue weighted by molar-refractivity contribution is 0.521. The van der Waals surface area contributed by atoms with Gasteiger partial charge in [0.2, 0.25) is 0 Å². The minimum absolute atomic E-state index is 0.156. The molecule has 0 aliphatic rings. The Morgan fingerprint density at radius 2 is 1.82 bits per heavy atom. The van der Waals surface area contributed by atoms with E-state index in [4.69, 9.17) is 0 Å². The van der Waals surface area contributed by atoms with Gasteiger partial charge in [-0.15, -0.1) is 0 Å². The Morgan fingerprint density at radius 1 is 1.12 bits per heavy atom. The smallest absolute Gasteiger partial charge is 0.145 e. The van der Waals surface area contributed by atoms with Gasteiger partial charge >= 0.3 is 0 Å². The van der Waals surface area contributed by atoms with Crippen molar-refractivity contribution in [3.63, 3.8) is 0 Å². The summed E-state index contributed by atoms with van der Waals surface area (Å²) < 4.78 is 0. The second-order valence-corrected chi connectivity index (χ2v) is 3.78. The predicted octanol–water partition coefficient (Wildman–Crippen LogP) is 1.76. The highest BCUT2D eigenvalue weighted by atomic mass is 15.0. The zero-order valence-electron chi connectivity index (χ0n) is 9.87. The maximum Gasteiger partial charge on any atom is 0.145 e. The second kappa shape index (κ2) is 6.06. The van der Waals surface area contributed by atoms with Gasteiger partial charge in [-0.1, -0.05) is 6.92 Å². The van der Waals surface area contributed by atoms with Crippen molar-refractivity contribution in [2.24, 2.45) is 0 Å². The lowest BCUT2D eigenvalue weighted by atomic mass is 10.1. The molecule has 0 aliphatic carbocycles. The van der Waals surface area contributed by atoms with Gasteiger partial charge in [-0.05, 0) is 36.7 Å². The van der Waals surface area contributed by atoms with E-state index in [1.807, 2.05) is 30.6 Å². The fourth-order valence-corrected chi connectivity index (χ4v) is 1.75. The lowest BCUT2D eigenvalue weighted by Gasteiger charge is -2.16. The number of rotatable bonds is 5. The minimum Gasteiger partial charge on any atom is -0.307 e. The molecule has 88 valence electrons. The summed E-state index contributed by atoms with van der Waals surface area (Å²) in [6.45, 7) is 2.98. The first-order valence-corrected chi connectivity index (χ1v) is 5.79. The summed E-state index contributed by atoms with van der Waals surface area (Å²) in [6.07, 6.45) is 8.05. The number of aromatic nitrogens is 3. The van der Waals surface area contributed by atoms with Gasteiger partial charge in [0, 0.05) is 24.8 Å².